The molecule has 148 valence electrons. The van der Waals surface area contributed by atoms with Crippen molar-refractivity contribution in [1.82, 2.24) is 4.37 Å². The molecule has 0 aliphatic carbocycles. The highest BCUT2D eigenvalue weighted by Crippen LogP contribution is 2.51. The third kappa shape index (κ3) is 3.45. The predicted octanol–water partition coefficient (Wildman–Crippen LogP) is 4.58. The average Bonchev–Trinajstić information content (AvgIpc) is 3.21. The van der Waals surface area contributed by atoms with Gasteiger partial charge in [-0.25, -0.2) is 0 Å². The number of hydrogen-bond donors (Lipinski definition) is 0. The second-order valence-electron chi connectivity index (χ2n) is 6.24. The van der Waals surface area contributed by atoms with Crippen molar-refractivity contribution in [2.75, 3.05) is 47.4 Å². The summed E-state index contributed by atoms with van der Waals surface area (Å²) in [6.07, 6.45) is 1.84. The van der Waals surface area contributed by atoms with E-state index in [9.17, 15) is 0 Å². The molecule has 0 atom stereocenters. The van der Waals surface area contributed by atoms with Crippen molar-refractivity contribution < 1.29 is 18.9 Å². The summed E-state index contributed by atoms with van der Waals surface area (Å²) in [7, 11) is 10.4. The van der Waals surface area contributed by atoms with Gasteiger partial charge in [-0.15, -0.1) is 0 Å². The Hall–Kier alpha value is -2.93. The predicted molar refractivity (Wildman–Crippen MR) is 114 cm³/mol. The van der Waals surface area contributed by atoms with Gasteiger partial charge in [0.05, 0.1) is 33.3 Å². The van der Waals surface area contributed by atoms with Crippen molar-refractivity contribution in [3.8, 4) is 44.6 Å². The molecule has 28 heavy (non-hydrogen) atoms. The van der Waals surface area contributed by atoms with Crippen LogP contribution in [0, 0.1) is 0 Å². The van der Waals surface area contributed by atoms with E-state index in [-0.39, 0.29) is 0 Å². The van der Waals surface area contributed by atoms with Crippen LogP contribution in [0.1, 0.15) is 0 Å². The average molecular weight is 401 g/mol. The first-order chi connectivity index (χ1) is 13.5. The Morgan fingerprint density at radius 2 is 1.43 bits per heavy atom. The summed E-state index contributed by atoms with van der Waals surface area (Å²) in [5, 5.41) is 0. The van der Waals surface area contributed by atoms with E-state index < -0.39 is 0 Å². The molecule has 7 heteroatoms. The molecule has 3 rings (SSSR count). The van der Waals surface area contributed by atoms with Gasteiger partial charge in [-0.3, -0.25) is 0 Å². The van der Waals surface area contributed by atoms with E-state index in [0.29, 0.717) is 23.0 Å². The van der Waals surface area contributed by atoms with Crippen LogP contribution in [0.4, 0.5) is 5.69 Å². The molecule has 0 radical (unpaired) electrons. The Bertz CT molecular complexity index is 952. The maximum absolute atomic E-state index is 5.68. The zero-order valence-electron chi connectivity index (χ0n) is 16.9. The van der Waals surface area contributed by atoms with Crippen LogP contribution in [-0.4, -0.2) is 46.9 Å². The molecule has 1 aromatic heterocycles. The van der Waals surface area contributed by atoms with Gasteiger partial charge in [0.15, 0.2) is 11.5 Å². The fourth-order valence-electron chi connectivity index (χ4n) is 3.08. The fraction of sp³-hybridized carbons (Fsp3) is 0.286. The first-order valence-electron chi connectivity index (χ1n) is 8.65. The van der Waals surface area contributed by atoms with Gasteiger partial charge in [-0.2, -0.15) is 4.37 Å². The van der Waals surface area contributed by atoms with Gasteiger partial charge in [0.25, 0.3) is 0 Å². The van der Waals surface area contributed by atoms with Gasteiger partial charge in [-0.05, 0) is 35.3 Å². The number of hydrogen-bond acceptors (Lipinski definition) is 7. The molecular formula is C21H24N2O4S. The van der Waals surface area contributed by atoms with E-state index in [1.165, 1.54) is 11.5 Å². The monoisotopic (exact) mass is 400 g/mol. The van der Waals surface area contributed by atoms with E-state index in [1.54, 1.807) is 28.4 Å². The molecule has 0 aliphatic rings. The van der Waals surface area contributed by atoms with Crippen molar-refractivity contribution in [2.45, 2.75) is 0 Å². The molecule has 0 fully saturated rings. The first kappa shape index (κ1) is 19.8. The van der Waals surface area contributed by atoms with Crippen LogP contribution < -0.4 is 23.8 Å². The zero-order chi connectivity index (χ0) is 20.3. The maximum atomic E-state index is 5.68. The second-order valence-corrected chi connectivity index (χ2v) is 7.04. The van der Waals surface area contributed by atoms with Gasteiger partial charge >= 0.3 is 0 Å². The van der Waals surface area contributed by atoms with Crippen molar-refractivity contribution in [1.29, 1.82) is 0 Å². The molecule has 0 aliphatic heterocycles. The van der Waals surface area contributed by atoms with Crippen LogP contribution in [0.3, 0.4) is 0 Å². The van der Waals surface area contributed by atoms with Crippen molar-refractivity contribution in [2.24, 2.45) is 0 Å². The van der Waals surface area contributed by atoms with Gasteiger partial charge < -0.3 is 23.8 Å². The van der Waals surface area contributed by atoms with Gasteiger partial charge in [-0.1, -0.05) is 12.1 Å². The molecule has 0 N–H and O–H groups in total. The standard InChI is InChI=1S/C21H24N2O4S/c1-23(2)14-9-7-13(8-10-14)21-16(12-22-28-21)15-11-17(24-3)19(26-5)20(27-6)18(15)25-4/h7-12H,1-6H3. The summed E-state index contributed by atoms with van der Waals surface area (Å²) < 4.78 is 26.7. The summed E-state index contributed by atoms with van der Waals surface area (Å²) in [5.41, 5.74) is 4.00. The lowest BCUT2D eigenvalue weighted by Crippen LogP contribution is -2.07. The highest BCUT2D eigenvalue weighted by molar-refractivity contribution is 7.10. The Morgan fingerprint density at radius 1 is 0.786 bits per heavy atom. The van der Waals surface area contributed by atoms with Crippen LogP contribution in [0.15, 0.2) is 36.5 Å². The van der Waals surface area contributed by atoms with E-state index in [0.717, 1.165) is 27.3 Å². The highest BCUT2D eigenvalue weighted by atomic mass is 32.1. The van der Waals surface area contributed by atoms with Crippen LogP contribution >= 0.6 is 11.5 Å². The van der Waals surface area contributed by atoms with Gasteiger partial charge in [0.1, 0.15) is 0 Å². The summed E-state index contributed by atoms with van der Waals surface area (Å²) in [6, 6.07) is 10.3. The molecular weight excluding hydrogens is 376 g/mol. The van der Waals surface area contributed by atoms with Crippen LogP contribution in [-0.2, 0) is 0 Å². The lowest BCUT2D eigenvalue weighted by Gasteiger charge is -2.19. The normalized spacial score (nSPS) is 10.5. The quantitative estimate of drug-likeness (QED) is 0.579. The Labute approximate surface area is 169 Å². The van der Waals surface area contributed by atoms with Crippen molar-refractivity contribution in [3.63, 3.8) is 0 Å². The molecule has 1 heterocycles. The maximum Gasteiger partial charge on any atom is 0.207 e. The third-order valence-corrected chi connectivity index (χ3v) is 5.34. The fourth-order valence-corrected chi connectivity index (χ4v) is 3.85. The summed E-state index contributed by atoms with van der Waals surface area (Å²) in [4.78, 5) is 3.11. The largest absolute Gasteiger partial charge is 0.493 e. The molecule has 6 nitrogen and oxygen atoms in total. The molecule has 0 unspecified atom stereocenters. The smallest absolute Gasteiger partial charge is 0.207 e. The molecule has 0 bridgehead atoms. The van der Waals surface area contributed by atoms with Crippen LogP contribution in [0.25, 0.3) is 21.6 Å². The topological polar surface area (TPSA) is 53.1 Å². The van der Waals surface area contributed by atoms with Crippen LogP contribution in [0.5, 0.6) is 23.0 Å². The van der Waals surface area contributed by atoms with Crippen molar-refractivity contribution >= 4 is 17.2 Å². The van der Waals surface area contributed by atoms with Crippen molar-refractivity contribution in [3.05, 3.63) is 36.5 Å². The summed E-state index contributed by atoms with van der Waals surface area (Å²) in [5.74, 6) is 2.12. The number of aromatic nitrogens is 1. The molecule has 0 amide bonds. The number of benzene rings is 2. The SMILES string of the molecule is COc1cc(-c2cnsc2-c2ccc(N(C)C)cc2)c(OC)c(OC)c1OC. The van der Waals surface area contributed by atoms with E-state index in [1.807, 2.05) is 26.4 Å². The number of nitrogens with zero attached hydrogens (tertiary/aromatic N) is 2. The Balaban J connectivity index is 2.19. The number of rotatable bonds is 7. The highest BCUT2D eigenvalue weighted by Gasteiger charge is 2.25. The van der Waals surface area contributed by atoms with Gasteiger partial charge in [0.2, 0.25) is 11.5 Å². The second kappa shape index (κ2) is 8.39. The minimum absolute atomic E-state index is 0.486. The molecule has 0 saturated carbocycles. The molecule has 0 saturated heterocycles. The Kier molecular flexibility index (Phi) is 5.94. The lowest BCUT2D eigenvalue weighted by atomic mass is 10.0. The lowest BCUT2D eigenvalue weighted by molar-refractivity contribution is 0.306. The zero-order valence-corrected chi connectivity index (χ0v) is 17.7. The Morgan fingerprint density at radius 3 is 1.96 bits per heavy atom. The summed E-state index contributed by atoms with van der Waals surface area (Å²) in [6.45, 7) is 0. The minimum Gasteiger partial charge on any atom is -0.493 e. The molecule has 2 aromatic carbocycles. The third-order valence-electron chi connectivity index (χ3n) is 4.50. The molecule has 0 spiro atoms. The molecule has 3 aromatic rings. The van der Waals surface area contributed by atoms with E-state index in [2.05, 4.69) is 33.5 Å². The number of anilines is 1. The number of methoxy groups -OCH3 is 4. The van der Waals surface area contributed by atoms with Crippen LogP contribution in [0.2, 0.25) is 0 Å². The first-order valence-corrected chi connectivity index (χ1v) is 9.42. The summed E-state index contributed by atoms with van der Waals surface area (Å²) >= 11 is 1.44. The minimum atomic E-state index is 0.486. The number of ether oxygens (including phenoxy) is 4. The van der Waals surface area contributed by atoms with E-state index in [4.69, 9.17) is 18.9 Å². The van der Waals surface area contributed by atoms with Gasteiger partial charge in [0, 0.05) is 37.1 Å². The van der Waals surface area contributed by atoms with E-state index >= 15 is 0 Å².